The average molecular weight is 296 g/mol. The summed E-state index contributed by atoms with van der Waals surface area (Å²) in [5.74, 6) is 4.99. The van der Waals surface area contributed by atoms with Crippen molar-refractivity contribution >= 4 is 17.3 Å². The third-order valence-corrected chi connectivity index (χ3v) is 3.04. The van der Waals surface area contributed by atoms with E-state index in [9.17, 15) is 14.9 Å². The predicted octanol–water partition coefficient (Wildman–Crippen LogP) is 1.11. The minimum Gasteiger partial charge on any atom is -0.396 e. The van der Waals surface area contributed by atoms with Crippen molar-refractivity contribution in [2.45, 2.75) is 26.3 Å². The normalized spacial score (nSPS) is 10.5. The van der Waals surface area contributed by atoms with Gasteiger partial charge in [0.05, 0.1) is 16.2 Å². The number of nitrogen functional groups attached to an aromatic ring is 1. The molecule has 0 spiro atoms. The molecule has 0 aromatic heterocycles. The van der Waals surface area contributed by atoms with E-state index in [-0.39, 0.29) is 29.8 Å². The molecule has 8 nitrogen and oxygen atoms in total. The molecule has 21 heavy (non-hydrogen) atoms. The smallest absolute Gasteiger partial charge is 0.270 e. The van der Waals surface area contributed by atoms with Gasteiger partial charge in [-0.15, -0.1) is 0 Å². The second kappa shape index (κ2) is 7.55. The highest BCUT2D eigenvalue weighted by molar-refractivity contribution is 6.00. The van der Waals surface area contributed by atoms with Gasteiger partial charge in [0.2, 0.25) is 0 Å². The fourth-order valence-corrected chi connectivity index (χ4v) is 1.94. The van der Waals surface area contributed by atoms with Crippen molar-refractivity contribution in [3.63, 3.8) is 0 Å². The Bertz CT molecular complexity index is 519. The first kappa shape index (κ1) is 16.9. The van der Waals surface area contributed by atoms with Gasteiger partial charge in [0.15, 0.2) is 0 Å². The molecule has 116 valence electrons. The number of nitrogens with zero attached hydrogens (tertiary/aromatic N) is 2. The van der Waals surface area contributed by atoms with Crippen LogP contribution in [0, 0.1) is 10.1 Å². The number of non-ortho nitro benzene ring substituents is 1. The van der Waals surface area contributed by atoms with Crippen LogP contribution in [0.4, 0.5) is 11.4 Å². The Kier molecular flexibility index (Phi) is 6.07. The summed E-state index contributed by atoms with van der Waals surface area (Å²) in [7, 11) is 0. The number of hydrazine groups is 1. The zero-order valence-corrected chi connectivity index (χ0v) is 12.1. The molecule has 0 aliphatic carbocycles. The van der Waals surface area contributed by atoms with Gasteiger partial charge >= 0.3 is 0 Å². The molecule has 0 atom stereocenters. The number of carbonyl (C=O) groups excluding carboxylic acids is 1. The van der Waals surface area contributed by atoms with Crippen LogP contribution < -0.4 is 11.3 Å². The standard InChI is InChI=1S/C13H20N4O4/c1-9(2)16(6-3-7-18)13(19)11-8-10(17(20)21)4-5-12(11)15-14/h4-5,8-9,15,18H,3,6-7,14H2,1-2H3. The van der Waals surface area contributed by atoms with Crippen molar-refractivity contribution in [2.75, 3.05) is 18.6 Å². The van der Waals surface area contributed by atoms with Crippen LogP contribution in [0.1, 0.15) is 30.6 Å². The van der Waals surface area contributed by atoms with E-state index in [1.807, 2.05) is 13.8 Å². The fourth-order valence-electron chi connectivity index (χ4n) is 1.94. The quantitative estimate of drug-likeness (QED) is 0.393. The minimum absolute atomic E-state index is 0.0343. The van der Waals surface area contributed by atoms with Gasteiger partial charge < -0.3 is 15.4 Å². The molecule has 0 saturated heterocycles. The molecule has 4 N–H and O–H groups in total. The summed E-state index contributed by atoms with van der Waals surface area (Å²) in [6.07, 6.45) is 0.435. The average Bonchev–Trinajstić information content (AvgIpc) is 2.46. The number of nitro groups is 1. The van der Waals surface area contributed by atoms with Gasteiger partial charge in [-0.05, 0) is 26.3 Å². The number of nitrogens with one attached hydrogen (secondary N) is 1. The van der Waals surface area contributed by atoms with Crippen LogP contribution in [0.3, 0.4) is 0 Å². The highest BCUT2D eigenvalue weighted by Gasteiger charge is 2.23. The molecular formula is C13H20N4O4. The van der Waals surface area contributed by atoms with Gasteiger partial charge in [-0.25, -0.2) is 0 Å². The Morgan fingerprint density at radius 3 is 2.67 bits per heavy atom. The van der Waals surface area contributed by atoms with Crippen molar-refractivity contribution in [2.24, 2.45) is 5.84 Å². The first-order chi connectivity index (χ1) is 9.92. The summed E-state index contributed by atoms with van der Waals surface area (Å²) in [5, 5.41) is 19.8. The molecule has 0 aliphatic rings. The van der Waals surface area contributed by atoms with Crippen LogP contribution >= 0.6 is 0 Å². The van der Waals surface area contributed by atoms with Crippen molar-refractivity contribution in [1.29, 1.82) is 0 Å². The van der Waals surface area contributed by atoms with E-state index in [4.69, 9.17) is 10.9 Å². The number of nitro benzene ring substituents is 1. The third-order valence-electron chi connectivity index (χ3n) is 3.04. The van der Waals surface area contributed by atoms with E-state index in [0.29, 0.717) is 18.7 Å². The molecule has 1 aromatic carbocycles. The molecule has 1 rings (SSSR count). The van der Waals surface area contributed by atoms with Crippen LogP contribution in [0.2, 0.25) is 0 Å². The SMILES string of the molecule is CC(C)N(CCCO)C(=O)c1cc([N+](=O)[O-])ccc1NN. The lowest BCUT2D eigenvalue weighted by Gasteiger charge is -2.27. The van der Waals surface area contributed by atoms with Crippen molar-refractivity contribution in [3.05, 3.63) is 33.9 Å². The Labute approximate surface area is 122 Å². The van der Waals surface area contributed by atoms with Crippen LogP contribution in [-0.4, -0.2) is 40.0 Å². The van der Waals surface area contributed by atoms with Gasteiger partial charge in [-0.2, -0.15) is 0 Å². The maximum atomic E-state index is 12.6. The second-order valence-electron chi connectivity index (χ2n) is 4.80. The molecule has 0 saturated carbocycles. The monoisotopic (exact) mass is 296 g/mol. The molecule has 0 aliphatic heterocycles. The minimum atomic E-state index is -0.565. The number of hydrogen-bond acceptors (Lipinski definition) is 6. The maximum Gasteiger partial charge on any atom is 0.270 e. The maximum absolute atomic E-state index is 12.6. The number of aliphatic hydroxyl groups is 1. The van der Waals surface area contributed by atoms with Gasteiger partial charge in [0.1, 0.15) is 0 Å². The summed E-state index contributed by atoms with van der Waals surface area (Å²) in [5.41, 5.74) is 2.65. The summed E-state index contributed by atoms with van der Waals surface area (Å²) >= 11 is 0. The zero-order chi connectivity index (χ0) is 16.0. The van der Waals surface area contributed by atoms with Crippen LogP contribution in [0.15, 0.2) is 18.2 Å². The van der Waals surface area contributed by atoms with Gasteiger partial charge in [0, 0.05) is 31.3 Å². The zero-order valence-electron chi connectivity index (χ0n) is 12.1. The second-order valence-corrected chi connectivity index (χ2v) is 4.80. The molecule has 1 aromatic rings. The Morgan fingerprint density at radius 2 is 2.19 bits per heavy atom. The molecule has 0 bridgehead atoms. The molecule has 0 heterocycles. The number of hydrogen-bond donors (Lipinski definition) is 3. The number of benzene rings is 1. The van der Waals surface area contributed by atoms with E-state index < -0.39 is 4.92 Å². The van der Waals surface area contributed by atoms with Gasteiger partial charge in [0.25, 0.3) is 11.6 Å². The molecule has 0 unspecified atom stereocenters. The van der Waals surface area contributed by atoms with Gasteiger partial charge in [-0.1, -0.05) is 0 Å². The number of anilines is 1. The summed E-state index contributed by atoms with van der Waals surface area (Å²) in [4.78, 5) is 24.4. The number of nitrogens with two attached hydrogens (primary N) is 1. The first-order valence-electron chi connectivity index (χ1n) is 6.59. The molecule has 8 heteroatoms. The Hall–Kier alpha value is -2.19. The summed E-state index contributed by atoms with van der Waals surface area (Å²) in [6, 6.07) is 3.77. The largest absolute Gasteiger partial charge is 0.396 e. The molecule has 1 amide bonds. The fraction of sp³-hybridized carbons (Fsp3) is 0.462. The Morgan fingerprint density at radius 1 is 1.52 bits per heavy atom. The third kappa shape index (κ3) is 4.14. The highest BCUT2D eigenvalue weighted by Crippen LogP contribution is 2.23. The molecule has 0 radical (unpaired) electrons. The number of rotatable bonds is 7. The topological polar surface area (TPSA) is 122 Å². The van der Waals surface area contributed by atoms with E-state index in [0.717, 1.165) is 0 Å². The molecule has 0 fully saturated rings. The first-order valence-corrected chi connectivity index (χ1v) is 6.59. The van der Waals surface area contributed by atoms with Crippen molar-refractivity contribution in [3.8, 4) is 0 Å². The van der Waals surface area contributed by atoms with E-state index in [1.54, 1.807) is 0 Å². The van der Waals surface area contributed by atoms with Crippen LogP contribution in [0.5, 0.6) is 0 Å². The number of carbonyl (C=O) groups is 1. The van der Waals surface area contributed by atoms with E-state index >= 15 is 0 Å². The van der Waals surface area contributed by atoms with E-state index in [2.05, 4.69) is 5.43 Å². The number of amides is 1. The lowest BCUT2D eigenvalue weighted by atomic mass is 10.1. The van der Waals surface area contributed by atoms with Gasteiger partial charge in [-0.3, -0.25) is 20.8 Å². The molecular weight excluding hydrogens is 276 g/mol. The van der Waals surface area contributed by atoms with Crippen molar-refractivity contribution in [1.82, 2.24) is 4.90 Å². The number of aliphatic hydroxyl groups excluding tert-OH is 1. The predicted molar refractivity (Wildman–Crippen MR) is 78.8 cm³/mol. The summed E-state index contributed by atoms with van der Waals surface area (Å²) in [6.45, 7) is 4.00. The van der Waals surface area contributed by atoms with E-state index in [1.165, 1.54) is 23.1 Å². The lowest BCUT2D eigenvalue weighted by molar-refractivity contribution is -0.384. The van der Waals surface area contributed by atoms with Crippen LogP contribution in [-0.2, 0) is 0 Å². The summed E-state index contributed by atoms with van der Waals surface area (Å²) < 4.78 is 0. The van der Waals surface area contributed by atoms with Crippen molar-refractivity contribution < 1.29 is 14.8 Å². The Balaban J connectivity index is 3.18. The van der Waals surface area contributed by atoms with Crippen LogP contribution in [0.25, 0.3) is 0 Å². The highest BCUT2D eigenvalue weighted by atomic mass is 16.6. The lowest BCUT2D eigenvalue weighted by Crippen LogP contribution is -2.38.